The summed E-state index contributed by atoms with van der Waals surface area (Å²) in [6, 6.07) is 14.6. The van der Waals surface area contributed by atoms with Crippen LogP contribution in [0.2, 0.25) is 0 Å². The Morgan fingerprint density at radius 1 is 0.913 bits per heavy atom. The number of para-hydroxylation sites is 1. The van der Waals surface area contributed by atoms with E-state index in [9.17, 15) is 4.79 Å². The van der Waals surface area contributed by atoms with E-state index in [-0.39, 0.29) is 5.63 Å². The zero-order chi connectivity index (χ0) is 16.2. The highest BCUT2D eigenvalue weighted by Crippen LogP contribution is 2.28. The van der Waals surface area contributed by atoms with Crippen LogP contribution in [0.3, 0.4) is 0 Å². The molecule has 4 heteroatoms. The zero-order valence-corrected chi connectivity index (χ0v) is 12.9. The van der Waals surface area contributed by atoms with E-state index in [0.717, 1.165) is 16.5 Å². The van der Waals surface area contributed by atoms with Crippen LogP contribution in [-0.2, 0) is 0 Å². The van der Waals surface area contributed by atoms with Gasteiger partial charge in [-0.2, -0.15) is 0 Å². The van der Waals surface area contributed by atoms with Gasteiger partial charge in [-0.1, -0.05) is 36.4 Å². The third-order valence-corrected chi connectivity index (χ3v) is 3.54. The van der Waals surface area contributed by atoms with Gasteiger partial charge in [-0.3, -0.25) is 0 Å². The summed E-state index contributed by atoms with van der Waals surface area (Å²) in [6.45, 7) is 0. The summed E-state index contributed by atoms with van der Waals surface area (Å²) < 4.78 is 15.7. The van der Waals surface area contributed by atoms with Crippen LogP contribution in [0, 0.1) is 0 Å². The van der Waals surface area contributed by atoms with Crippen LogP contribution in [0.5, 0.6) is 11.5 Å². The number of hydrogen-bond donors (Lipinski definition) is 0. The van der Waals surface area contributed by atoms with Crippen molar-refractivity contribution in [1.29, 1.82) is 0 Å². The lowest BCUT2D eigenvalue weighted by Crippen LogP contribution is -1.97. The molecule has 0 radical (unpaired) electrons. The van der Waals surface area contributed by atoms with Crippen molar-refractivity contribution in [2.24, 2.45) is 0 Å². The second-order valence-electron chi connectivity index (χ2n) is 4.96. The highest BCUT2D eigenvalue weighted by atomic mass is 16.5. The largest absolute Gasteiger partial charge is 0.493 e. The van der Waals surface area contributed by atoms with E-state index >= 15 is 0 Å². The monoisotopic (exact) mass is 308 g/mol. The molecule has 2 aromatic carbocycles. The van der Waals surface area contributed by atoms with Crippen molar-refractivity contribution >= 4 is 23.1 Å². The molecule has 0 aliphatic rings. The average Bonchev–Trinajstić information content (AvgIpc) is 2.59. The van der Waals surface area contributed by atoms with Gasteiger partial charge in [0.05, 0.1) is 14.2 Å². The minimum atomic E-state index is -0.365. The fourth-order valence-corrected chi connectivity index (χ4v) is 2.42. The van der Waals surface area contributed by atoms with E-state index in [0.29, 0.717) is 17.1 Å². The van der Waals surface area contributed by atoms with Crippen molar-refractivity contribution in [2.75, 3.05) is 14.2 Å². The van der Waals surface area contributed by atoms with E-state index in [1.807, 2.05) is 48.6 Å². The molecule has 0 aliphatic carbocycles. The van der Waals surface area contributed by atoms with E-state index in [1.54, 1.807) is 20.3 Å². The summed E-state index contributed by atoms with van der Waals surface area (Å²) >= 11 is 0. The van der Waals surface area contributed by atoms with Gasteiger partial charge in [0.1, 0.15) is 5.58 Å². The van der Waals surface area contributed by atoms with Gasteiger partial charge in [0.15, 0.2) is 11.5 Å². The lowest BCUT2D eigenvalue weighted by molar-refractivity contribution is 0.355. The molecular weight excluding hydrogens is 292 g/mol. The highest BCUT2D eigenvalue weighted by Gasteiger charge is 2.04. The molecule has 4 nitrogen and oxygen atoms in total. The first-order valence-corrected chi connectivity index (χ1v) is 7.14. The van der Waals surface area contributed by atoms with Crippen LogP contribution < -0.4 is 15.1 Å². The molecule has 0 amide bonds. The first kappa shape index (κ1) is 14.9. The molecule has 0 bridgehead atoms. The Balaban J connectivity index is 2.02. The lowest BCUT2D eigenvalue weighted by Gasteiger charge is -2.07. The highest BCUT2D eigenvalue weighted by molar-refractivity contribution is 5.89. The van der Waals surface area contributed by atoms with E-state index in [2.05, 4.69) is 0 Å². The molecule has 0 unspecified atom stereocenters. The summed E-state index contributed by atoms with van der Waals surface area (Å²) in [4.78, 5) is 11.7. The Labute approximate surface area is 133 Å². The van der Waals surface area contributed by atoms with E-state index in [4.69, 9.17) is 13.9 Å². The summed E-state index contributed by atoms with van der Waals surface area (Å²) in [5, 5.41) is 0.892. The molecule has 3 aromatic rings. The third-order valence-electron chi connectivity index (χ3n) is 3.54. The van der Waals surface area contributed by atoms with Crippen molar-refractivity contribution in [3.05, 3.63) is 70.1 Å². The molecule has 0 saturated heterocycles. The predicted octanol–water partition coefficient (Wildman–Crippen LogP) is 3.98. The van der Waals surface area contributed by atoms with Gasteiger partial charge < -0.3 is 13.9 Å². The SMILES string of the molecule is COc1ccc(C=Cc2cc(=O)oc3ccccc23)cc1OC. The fourth-order valence-electron chi connectivity index (χ4n) is 2.42. The molecule has 3 rings (SSSR count). The number of ether oxygens (including phenoxy) is 2. The third kappa shape index (κ3) is 3.11. The quantitative estimate of drug-likeness (QED) is 0.684. The maximum Gasteiger partial charge on any atom is 0.336 e. The number of rotatable bonds is 4. The summed E-state index contributed by atoms with van der Waals surface area (Å²) in [5.41, 5.74) is 1.97. The summed E-state index contributed by atoms with van der Waals surface area (Å²) in [7, 11) is 3.20. The molecular formula is C19H16O4. The second kappa shape index (κ2) is 6.40. The van der Waals surface area contributed by atoms with Crippen molar-refractivity contribution < 1.29 is 13.9 Å². The zero-order valence-electron chi connectivity index (χ0n) is 12.9. The van der Waals surface area contributed by atoms with Crippen molar-refractivity contribution in [3.63, 3.8) is 0 Å². The maximum absolute atomic E-state index is 11.7. The van der Waals surface area contributed by atoms with Crippen molar-refractivity contribution in [1.82, 2.24) is 0 Å². The van der Waals surface area contributed by atoms with Crippen LogP contribution in [-0.4, -0.2) is 14.2 Å². The van der Waals surface area contributed by atoms with Gasteiger partial charge in [-0.05, 0) is 29.3 Å². The minimum absolute atomic E-state index is 0.365. The average molecular weight is 308 g/mol. The second-order valence-corrected chi connectivity index (χ2v) is 4.96. The molecule has 0 N–H and O–H groups in total. The van der Waals surface area contributed by atoms with Gasteiger partial charge in [0.2, 0.25) is 0 Å². The van der Waals surface area contributed by atoms with Gasteiger partial charge in [-0.25, -0.2) is 4.79 Å². The Morgan fingerprint density at radius 2 is 1.70 bits per heavy atom. The molecule has 0 spiro atoms. The fraction of sp³-hybridized carbons (Fsp3) is 0.105. The number of hydrogen-bond acceptors (Lipinski definition) is 4. The molecule has 0 saturated carbocycles. The molecule has 1 aromatic heterocycles. The topological polar surface area (TPSA) is 48.7 Å². The molecule has 0 aliphatic heterocycles. The van der Waals surface area contributed by atoms with Crippen LogP contribution >= 0.6 is 0 Å². The minimum Gasteiger partial charge on any atom is -0.493 e. The molecule has 0 fully saturated rings. The Bertz CT molecular complexity index is 922. The first-order chi connectivity index (χ1) is 11.2. The summed E-state index contributed by atoms with van der Waals surface area (Å²) in [5.74, 6) is 1.34. The Hall–Kier alpha value is -3.01. The Morgan fingerprint density at radius 3 is 2.48 bits per heavy atom. The number of methoxy groups -OCH3 is 2. The maximum atomic E-state index is 11.7. The number of benzene rings is 2. The van der Waals surface area contributed by atoms with Gasteiger partial charge >= 0.3 is 5.63 Å². The van der Waals surface area contributed by atoms with Crippen molar-refractivity contribution in [3.8, 4) is 11.5 Å². The van der Waals surface area contributed by atoms with Crippen LogP contribution in [0.4, 0.5) is 0 Å². The molecule has 23 heavy (non-hydrogen) atoms. The van der Waals surface area contributed by atoms with Gasteiger partial charge in [0, 0.05) is 11.5 Å². The van der Waals surface area contributed by atoms with Crippen LogP contribution in [0.25, 0.3) is 23.1 Å². The Kier molecular flexibility index (Phi) is 4.15. The standard InChI is InChI=1S/C19H16O4/c1-21-17-10-8-13(11-18(17)22-2)7-9-14-12-19(20)23-16-6-4-3-5-15(14)16/h3-12H,1-2H3. The van der Waals surface area contributed by atoms with E-state index < -0.39 is 0 Å². The van der Waals surface area contributed by atoms with Gasteiger partial charge in [-0.15, -0.1) is 0 Å². The van der Waals surface area contributed by atoms with Crippen molar-refractivity contribution in [2.45, 2.75) is 0 Å². The normalized spacial score (nSPS) is 11.0. The number of fused-ring (bicyclic) bond motifs is 1. The molecule has 116 valence electrons. The van der Waals surface area contributed by atoms with Crippen LogP contribution in [0.1, 0.15) is 11.1 Å². The van der Waals surface area contributed by atoms with Crippen LogP contribution in [0.15, 0.2) is 57.7 Å². The molecule has 1 heterocycles. The lowest BCUT2D eigenvalue weighted by atomic mass is 10.1. The van der Waals surface area contributed by atoms with Gasteiger partial charge in [0.25, 0.3) is 0 Å². The van der Waals surface area contributed by atoms with E-state index in [1.165, 1.54) is 6.07 Å². The first-order valence-electron chi connectivity index (χ1n) is 7.14. The smallest absolute Gasteiger partial charge is 0.336 e. The predicted molar refractivity (Wildman–Crippen MR) is 91.0 cm³/mol. The summed E-state index contributed by atoms with van der Waals surface area (Å²) in [6.07, 6.45) is 3.81. The molecule has 0 atom stereocenters.